The van der Waals surface area contributed by atoms with Crippen LogP contribution in [0.5, 0.6) is 0 Å². The second-order valence-electron chi connectivity index (χ2n) is 25.5. The van der Waals surface area contributed by atoms with Gasteiger partial charge in [-0.1, -0.05) is 328 Å². The van der Waals surface area contributed by atoms with Crippen LogP contribution in [0.2, 0.25) is 0 Å². The molecule has 89 heavy (non-hydrogen) atoms. The number of ether oxygens (including phenoxy) is 4. The molecule has 2 unspecified atom stereocenters. The quantitative estimate of drug-likeness (QED) is 0.0211. The number of carboxylic acid groups (broad SMARTS) is 1. The molecule has 0 aliphatic heterocycles. The molecule has 0 aromatic heterocycles. The molecule has 0 radical (unpaired) electrons. The lowest BCUT2D eigenvalue weighted by molar-refractivity contribution is -0.870. The van der Waals surface area contributed by atoms with Crippen LogP contribution in [-0.2, 0) is 33.3 Å². The van der Waals surface area contributed by atoms with Crippen LogP contribution in [0, 0.1) is 0 Å². The molecule has 0 saturated carbocycles. The van der Waals surface area contributed by atoms with Crippen molar-refractivity contribution in [3.63, 3.8) is 0 Å². The number of unbranched alkanes of at least 4 members (excludes halogenated alkanes) is 32. The van der Waals surface area contributed by atoms with Gasteiger partial charge in [-0.3, -0.25) is 9.59 Å². The predicted octanol–water partition coefficient (Wildman–Crippen LogP) is 23.1. The Labute approximate surface area is 548 Å². The Morgan fingerprint density at radius 2 is 0.640 bits per heavy atom. The van der Waals surface area contributed by atoms with Gasteiger partial charge in [0.2, 0.25) is 0 Å². The molecule has 9 nitrogen and oxygen atoms in total. The lowest BCUT2D eigenvalue weighted by Gasteiger charge is -2.25. The number of hydrogen-bond donors (Lipinski definition) is 1. The van der Waals surface area contributed by atoms with Crippen molar-refractivity contribution in [2.24, 2.45) is 0 Å². The molecule has 0 aromatic carbocycles. The standard InChI is InChI=1S/C80H137NO8/c1-6-8-10-12-14-16-18-20-22-24-26-28-30-32-34-36-37-38-39-40-41-43-45-47-49-51-53-55-57-59-61-63-65-67-69-71-78(83)89-76(75-88-80(79(84)85)86-73-72-81(3,4)5)74-87-77(82)70-68-66-64-62-60-58-56-54-52-50-48-46-44-42-35-33-31-29-27-25-23-21-19-17-15-13-11-9-7-2/h8,10,14,16,20,22,26,28,32,34,37-38,40-41,45,47,51,53,57,59,76,80H,6-7,9,11-13,15,17-19,21,23-25,27,29-31,33,35-36,39,42-44,46,48-50,52,54-56,58,60-75H2,1-5H3/p+1/b10-8-,16-14-,22-20-,28-26-,34-32-,38-37-,41-40-,47-45-,53-51-,59-57-. The van der Waals surface area contributed by atoms with Gasteiger partial charge in [0.1, 0.15) is 13.2 Å². The maximum atomic E-state index is 12.9. The summed E-state index contributed by atoms with van der Waals surface area (Å²) in [6, 6.07) is 0. The molecular formula is C80H138NO8+. The van der Waals surface area contributed by atoms with E-state index in [-0.39, 0.29) is 32.2 Å². The van der Waals surface area contributed by atoms with Crippen molar-refractivity contribution in [1.82, 2.24) is 0 Å². The minimum atomic E-state index is -1.52. The Bertz CT molecular complexity index is 1880. The minimum Gasteiger partial charge on any atom is -0.477 e. The van der Waals surface area contributed by atoms with E-state index in [1.165, 1.54) is 167 Å². The Hall–Kier alpha value is -4.31. The molecule has 0 spiro atoms. The fourth-order valence-electron chi connectivity index (χ4n) is 10.2. The molecule has 0 aromatic rings. The lowest BCUT2D eigenvalue weighted by Crippen LogP contribution is -2.40. The van der Waals surface area contributed by atoms with Gasteiger partial charge in [0, 0.05) is 12.8 Å². The second kappa shape index (κ2) is 69.6. The third-order valence-corrected chi connectivity index (χ3v) is 15.7. The van der Waals surface area contributed by atoms with Crippen LogP contribution in [0.15, 0.2) is 122 Å². The second-order valence-corrected chi connectivity index (χ2v) is 25.5. The van der Waals surface area contributed by atoms with Crippen LogP contribution in [0.4, 0.5) is 0 Å². The van der Waals surface area contributed by atoms with Gasteiger partial charge in [-0.15, -0.1) is 0 Å². The Balaban J connectivity index is 4.18. The van der Waals surface area contributed by atoms with E-state index in [0.29, 0.717) is 23.9 Å². The largest absolute Gasteiger partial charge is 0.477 e. The molecule has 1 N–H and O–H groups in total. The summed E-state index contributed by atoms with van der Waals surface area (Å²) in [7, 11) is 5.97. The van der Waals surface area contributed by atoms with Gasteiger partial charge in [-0.25, -0.2) is 4.79 Å². The third-order valence-electron chi connectivity index (χ3n) is 15.7. The minimum absolute atomic E-state index is 0.178. The van der Waals surface area contributed by atoms with Crippen LogP contribution < -0.4 is 0 Å². The highest BCUT2D eigenvalue weighted by molar-refractivity contribution is 5.71. The van der Waals surface area contributed by atoms with E-state index in [2.05, 4.69) is 135 Å². The average molecular weight is 1240 g/mol. The predicted molar refractivity (Wildman–Crippen MR) is 382 cm³/mol. The van der Waals surface area contributed by atoms with Gasteiger partial charge in [-0.2, -0.15) is 0 Å². The van der Waals surface area contributed by atoms with Crippen molar-refractivity contribution < 1.29 is 42.9 Å². The number of aliphatic carboxylic acids is 1. The summed E-state index contributed by atoms with van der Waals surface area (Å²) in [5.41, 5.74) is 0. The summed E-state index contributed by atoms with van der Waals surface area (Å²) in [4.78, 5) is 37.7. The fourth-order valence-corrected chi connectivity index (χ4v) is 10.2. The maximum absolute atomic E-state index is 12.9. The zero-order valence-electron chi connectivity index (χ0n) is 58.3. The molecule has 0 aliphatic carbocycles. The highest BCUT2D eigenvalue weighted by atomic mass is 16.7. The number of carbonyl (C=O) groups excluding carboxylic acids is 2. The monoisotopic (exact) mass is 1240 g/mol. The number of carbonyl (C=O) groups is 3. The first-order valence-electron chi connectivity index (χ1n) is 36.7. The van der Waals surface area contributed by atoms with Crippen LogP contribution in [0.1, 0.15) is 309 Å². The number of esters is 2. The topological polar surface area (TPSA) is 108 Å². The third kappa shape index (κ3) is 71.0. The van der Waals surface area contributed by atoms with Gasteiger partial charge in [-0.05, 0) is 89.9 Å². The summed E-state index contributed by atoms with van der Waals surface area (Å²) >= 11 is 0. The number of carboxylic acids is 1. The highest BCUT2D eigenvalue weighted by Gasteiger charge is 2.25. The first-order valence-corrected chi connectivity index (χ1v) is 36.7. The van der Waals surface area contributed by atoms with Gasteiger partial charge < -0.3 is 28.5 Å². The van der Waals surface area contributed by atoms with Crippen LogP contribution in [-0.4, -0.2) is 87.4 Å². The van der Waals surface area contributed by atoms with E-state index in [0.717, 1.165) is 109 Å². The summed E-state index contributed by atoms with van der Waals surface area (Å²) < 4.78 is 23.0. The summed E-state index contributed by atoms with van der Waals surface area (Å²) in [5, 5.41) is 9.75. The molecular weight excluding hydrogens is 1100 g/mol. The van der Waals surface area contributed by atoms with E-state index in [1.54, 1.807) is 0 Å². The molecule has 0 bridgehead atoms. The number of quaternary nitrogens is 1. The number of nitrogens with zero attached hydrogens (tertiary/aromatic N) is 1. The summed E-state index contributed by atoms with van der Waals surface area (Å²) in [6.07, 6.45) is 96.1. The van der Waals surface area contributed by atoms with Crippen molar-refractivity contribution in [2.75, 3.05) is 47.5 Å². The number of allylic oxidation sites excluding steroid dienone is 20. The van der Waals surface area contributed by atoms with Gasteiger partial charge in [0.05, 0.1) is 34.4 Å². The average Bonchev–Trinajstić information content (AvgIpc) is 3.64. The molecule has 0 fully saturated rings. The Kier molecular flexibility index (Phi) is 66.2. The SMILES string of the molecule is CC/C=C\C/C=C\C/C=C\C/C=C\C/C=C\C/C=C\C/C=C\C/C=C\C/C=C\C/C=C\CCCCCCC(=O)OC(COC(=O)CCCCCCCCCCCCCCCCCCCCCCCCCCCCCCC)COC(OCC[N+](C)(C)C)C(=O)O. The first kappa shape index (κ1) is 84.7. The zero-order valence-corrected chi connectivity index (χ0v) is 58.3. The molecule has 0 amide bonds. The van der Waals surface area contributed by atoms with Crippen LogP contribution >= 0.6 is 0 Å². The Morgan fingerprint density at radius 1 is 0.348 bits per heavy atom. The molecule has 0 heterocycles. The van der Waals surface area contributed by atoms with Gasteiger partial charge in [0.25, 0.3) is 6.29 Å². The van der Waals surface area contributed by atoms with Crippen molar-refractivity contribution in [3.05, 3.63) is 122 Å². The molecule has 2 atom stereocenters. The fraction of sp³-hybridized carbons (Fsp3) is 0.713. The maximum Gasteiger partial charge on any atom is 0.361 e. The lowest BCUT2D eigenvalue weighted by atomic mass is 10.0. The van der Waals surface area contributed by atoms with E-state index in [1.807, 2.05) is 21.1 Å². The summed E-state index contributed by atoms with van der Waals surface area (Å²) in [6.45, 7) is 4.76. The van der Waals surface area contributed by atoms with E-state index in [9.17, 15) is 19.5 Å². The summed E-state index contributed by atoms with van der Waals surface area (Å²) in [5.74, 6) is -2.04. The molecule has 0 saturated heterocycles. The molecule has 0 aliphatic rings. The smallest absolute Gasteiger partial charge is 0.361 e. The van der Waals surface area contributed by atoms with Crippen molar-refractivity contribution in [1.29, 1.82) is 0 Å². The normalized spacial score (nSPS) is 13.4. The first-order chi connectivity index (χ1) is 43.6. The van der Waals surface area contributed by atoms with Crippen LogP contribution in [0.25, 0.3) is 0 Å². The van der Waals surface area contributed by atoms with Crippen molar-refractivity contribution in [2.45, 2.75) is 322 Å². The van der Waals surface area contributed by atoms with Crippen molar-refractivity contribution in [3.8, 4) is 0 Å². The molecule has 510 valence electrons. The van der Waals surface area contributed by atoms with E-state index in [4.69, 9.17) is 18.9 Å². The number of likely N-dealkylation sites (N-methyl/N-ethyl adjacent to an activating group) is 1. The molecule has 9 heteroatoms. The van der Waals surface area contributed by atoms with Crippen molar-refractivity contribution >= 4 is 17.9 Å². The Morgan fingerprint density at radius 3 is 0.955 bits per heavy atom. The zero-order chi connectivity index (χ0) is 64.7. The highest BCUT2D eigenvalue weighted by Crippen LogP contribution is 2.18. The van der Waals surface area contributed by atoms with E-state index >= 15 is 0 Å². The van der Waals surface area contributed by atoms with E-state index < -0.39 is 24.3 Å². The van der Waals surface area contributed by atoms with Gasteiger partial charge >= 0.3 is 17.9 Å². The number of hydrogen-bond acceptors (Lipinski definition) is 7. The van der Waals surface area contributed by atoms with Crippen LogP contribution in [0.3, 0.4) is 0 Å². The molecule has 0 rings (SSSR count). The number of rotatable bonds is 67. The van der Waals surface area contributed by atoms with Gasteiger partial charge in [0.15, 0.2) is 6.10 Å².